The molecule has 0 aliphatic carbocycles. The Labute approximate surface area is 286 Å². The van der Waals surface area contributed by atoms with Crippen LogP contribution in [0.15, 0.2) is 0 Å². The van der Waals surface area contributed by atoms with E-state index < -0.39 is 54.7 Å². The van der Waals surface area contributed by atoms with Crippen molar-refractivity contribution in [2.24, 2.45) is 0 Å². The van der Waals surface area contributed by atoms with Crippen LogP contribution < -0.4 is 21.3 Å². The van der Waals surface area contributed by atoms with Crippen LogP contribution in [0.4, 0.5) is 0 Å². The lowest BCUT2D eigenvalue weighted by molar-refractivity contribution is -0.262. The van der Waals surface area contributed by atoms with Gasteiger partial charge < -0.3 is 70.1 Å². The molecule has 0 saturated carbocycles. The monoisotopic (exact) mass is 709 g/mol. The Bertz CT molecular complexity index is 945. The van der Waals surface area contributed by atoms with E-state index in [1.54, 1.807) is 20.9 Å². The molecule has 2 rings (SSSR count). The second-order valence-electron chi connectivity index (χ2n) is 11.8. The zero-order chi connectivity index (χ0) is 36.2. The molecule has 19 nitrogen and oxygen atoms in total. The summed E-state index contributed by atoms with van der Waals surface area (Å²) in [4.78, 5) is 50.5. The van der Waals surface area contributed by atoms with Crippen molar-refractivity contribution in [3.05, 3.63) is 0 Å². The first-order chi connectivity index (χ1) is 23.4. The van der Waals surface area contributed by atoms with Gasteiger partial charge in [0.15, 0.2) is 12.6 Å². The van der Waals surface area contributed by atoms with E-state index in [2.05, 4.69) is 21.3 Å². The van der Waals surface area contributed by atoms with E-state index in [9.17, 15) is 39.6 Å². The largest absolute Gasteiger partial charge is 0.390 e. The minimum atomic E-state index is -1.22. The summed E-state index contributed by atoms with van der Waals surface area (Å²) in [5, 5.41) is 50.3. The zero-order valence-electron chi connectivity index (χ0n) is 28.5. The van der Waals surface area contributed by atoms with E-state index in [1.165, 1.54) is 4.90 Å². The van der Waals surface area contributed by atoms with Crippen molar-refractivity contribution < 1.29 is 68.0 Å². The molecule has 2 saturated heterocycles. The molecule has 8 N–H and O–H groups in total. The van der Waals surface area contributed by atoms with Crippen LogP contribution in [0.5, 0.6) is 0 Å². The molecule has 0 bridgehead atoms. The van der Waals surface area contributed by atoms with Gasteiger partial charge in [0.25, 0.3) is 0 Å². The number of hydrogen-bond acceptors (Lipinski definition) is 15. The highest BCUT2D eigenvalue weighted by atomic mass is 16.7. The molecule has 2 fully saturated rings. The number of nitrogens with one attached hydrogen (secondary N) is 4. The Morgan fingerprint density at radius 1 is 0.633 bits per heavy atom. The Kier molecular flexibility index (Phi) is 20.7. The summed E-state index contributed by atoms with van der Waals surface area (Å²) in [5.41, 5.74) is 0. The fourth-order valence-corrected chi connectivity index (χ4v) is 4.88. The van der Waals surface area contributed by atoms with Crippen LogP contribution in [-0.4, -0.2) is 184 Å². The number of carbonyl (C=O) groups is 4. The van der Waals surface area contributed by atoms with Gasteiger partial charge in [-0.15, -0.1) is 0 Å². The minimum Gasteiger partial charge on any atom is -0.390 e. The van der Waals surface area contributed by atoms with Crippen LogP contribution >= 0.6 is 0 Å². The molecule has 0 aromatic carbocycles. The Morgan fingerprint density at radius 3 is 1.47 bits per heavy atom. The molecular formula is C30H55N5O14. The van der Waals surface area contributed by atoms with E-state index in [0.29, 0.717) is 0 Å². The molecule has 284 valence electrons. The van der Waals surface area contributed by atoms with Gasteiger partial charge in [0.05, 0.1) is 83.7 Å². The van der Waals surface area contributed by atoms with Crippen molar-refractivity contribution in [3.63, 3.8) is 0 Å². The number of ether oxygens (including phenoxy) is 6. The summed E-state index contributed by atoms with van der Waals surface area (Å²) in [5.74, 6) is -1.58. The quantitative estimate of drug-likeness (QED) is 0.0466. The van der Waals surface area contributed by atoms with Crippen molar-refractivity contribution >= 4 is 23.6 Å². The molecule has 2 aliphatic rings. The summed E-state index contributed by atoms with van der Waals surface area (Å²) in [7, 11) is 1.54. The lowest BCUT2D eigenvalue weighted by Crippen LogP contribution is -2.50. The third-order valence-electron chi connectivity index (χ3n) is 7.43. The molecule has 2 aliphatic heterocycles. The summed E-state index contributed by atoms with van der Waals surface area (Å²) < 4.78 is 32.6. The maximum absolute atomic E-state index is 12.7. The van der Waals surface area contributed by atoms with Crippen molar-refractivity contribution in [2.75, 3.05) is 86.0 Å². The van der Waals surface area contributed by atoms with Gasteiger partial charge in [0.1, 0.15) is 12.2 Å². The van der Waals surface area contributed by atoms with Crippen LogP contribution in [-0.2, 0) is 47.6 Å². The Morgan fingerprint density at radius 2 is 1.04 bits per heavy atom. The van der Waals surface area contributed by atoms with Gasteiger partial charge in [0, 0.05) is 45.9 Å². The zero-order valence-corrected chi connectivity index (χ0v) is 28.5. The van der Waals surface area contributed by atoms with Gasteiger partial charge in [-0.3, -0.25) is 24.1 Å². The predicted molar refractivity (Wildman–Crippen MR) is 170 cm³/mol. The van der Waals surface area contributed by atoms with E-state index in [1.807, 2.05) is 0 Å². The van der Waals surface area contributed by atoms with Gasteiger partial charge >= 0.3 is 0 Å². The third-order valence-corrected chi connectivity index (χ3v) is 7.43. The fourth-order valence-electron chi connectivity index (χ4n) is 4.88. The number of hydrogen-bond donors (Lipinski definition) is 8. The molecule has 19 heteroatoms. The number of rotatable bonds is 23. The number of carbonyl (C=O) groups excluding carboxylic acids is 4. The summed E-state index contributed by atoms with van der Waals surface area (Å²) in [6.45, 7) is 3.77. The molecule has 8 atom stereocenters. The number of aliphatic hydroxyl groups is 4. The van der Waals surface area contributed by atoms with E-state index >= 15 is 0 Å². The Hall–Kier alpha value is -2.56. The van der Waals surface area contributed by atoms with Gasteiger partial charge in [-0.05, 0) is 13.8 Å². The first-order valence-electron chi connectivity index (χ1n) is 16.5. The maximum Gasteiger partial charge on any atom is 0.234 e. The average molecular weight is 710 g/mol. The molecule has 0 unspecified atom stereocenters. The Balaban J connectivity index is 1.76. The van der Waals surface area contributed by atoms with Gasteiger partial charge in [-0.2, -0.15) is 0 Å². The third kappa shape index (κ3) is 17.8. The molecule has 0 aromatic rings. The molecule has 0 aromatic heterocycles. The van der Waals surface area contributed by atoms with Crippen molar-refractivity contribution in [3.8, 4) is 0 Å². The first-order valence-corrected chi connectivity index (χ1v) is 16.5. The molecule has 0 radical (unpaired) electrons. The molecule has 4 amide bonds. The highest BCUT2D eigenvalue weighted by Gasteiger charge is 2.36. The van der Waals surface area contributed by atoms with Crippen LogP contribution in [0.3, 0.4) is 0 Å². The van der Waals surface area contributed by atoms with Gasteiger partial charge in [0.2, 0.25) is 23.6 Å². The molecular weight excluding hydrogens is 654 g/mol. The van der Waals surface area contributed by atoms with Gasteiger partial charge in [-0.1, -0.05) is 0 Å². The second kappa shape index (κ2) is 23.8. The van der Waals surface area contributed by atoms with Crippen LogP contribution in [0, 0.1) is 0 Å². The van der Waals surface area contributed by atoms with Crippen LogP contribution in [0.2, 0.25) is 0 Å². The average Bonchev–Trinajstić information content (AvgIpc) is 3.04. The van der Waals surface area contributed by atoms with E-state index in [0.717, 1.165) is 0 Å². The number of nitrogens with zero attached hydrogens (tertiary/aromatic N) is 1. The van der Waals surface area contributed by atoms with Crippen LogP contribution in [0.1, 0.15) is 33.1 Å². The minimum absolute atomic E-state index is 0.0256. The normalized spacial score (nSPS) is 27.0. The summed E-state index contributed by atoms with van der Waals surface area (Å²) in [6, 6.07) is 0. The summed E-state index contributed by atoms with van der Waals surface area (Å²) >= 11 is 0. The fraction of sp³-hybridized carbons (Fsp3) is 0.867. The highest BCUT2D eigenvalue weighted by Crippen LogP contribution is 2.21. The SMILES string of the molecule is CNC(=O)CCOCCOCCNC(=O)CN(CC(=O)NCCO[C@@H]1O[C@@H](C)C[C@@H](O)[C@@H]1O)CC(=O)NCCO[C@@H]1O[C@@H](C)C[C@@H](O)[C@@H]1O. The smallest absolute Gasteiger partial charge is 0.234 e. The van der Waals surface area contributed by atoms with Crippen molar-refractivity contribution in [1.82, 2.24) is 26.2 Å². The molecule has 2 heterocycles. The first kappa shape index (κ1) is 42.6. The van der Waals surface area contributed by atoms with Crippen molar-refractivity contribution in [1.29, 1.82) is 0 Å². The molecule has 49 heavy (non-hydrogen) atoms. The van der Waals surface area contributed by atoms with E-state index in [-0.39, 0.29) is 116 Å². The number of aliphatic hydroxyl groups excluding tert-OH is 4. The lowest BCUT2D eigenvalue weighted by atomic mass is 10.0. The van der Waals surface area contributed by atoms with E-state index in [4.69, 9.17) is 28.4 Å². The number of amides is 4. The maximum atomic E-state index is 12.7. The highest BCUT2D eigenvalue weighted by molar-refractivity contribution is 5.84. The van der Waals surface area contributed by atoms with Crippen LogP contribution in [0.25, 0.3) is 0 Å². The topological polar surface area (TPSA) is 256 Å². The standard InChI is InChI=1S/C30H55N5O14/c1-19-14-21(36)27(42)29(48-19)46-10-6-33-25(40)17-35(16-24(39)32-5-9-45-13-12-44-8-4-23(38)31-3)18-26(41)34-7-11-47-30-28(43)22(37)15-20(2)49-30/h19-22,27-30,36-37,42-43H,4-18H2,1-3H3,(H,31,38)(H,32,39)(H,33,40)(H,34,41)/t19-,20-,21+,22+,27-,28-,29+,30+/m0/s1. The lowest BCUT2D eigenvalue weighted by Gasteiger charge is -2.35. The predicted octanol–water partition coefficient (Wildman–Crippen LogP) is -4.45. The van der Waals surface area contributed by atoms with Crippen molar-refractivity contribution in [2.45, 2.75) is 82.3 Å². The molecule has 0 spiro atoms. The summed E-state index contributed by atoms with van der Waals surface area (Å²) in [6.07, 6.45) is -6.36. The second-order valence-corrected chi connectivity index (χ2v) is 11.8. The van der Waals surface area contributed by atoms with Gasteiger partial charge in [-0.25, -0.2) is 0 Å².